The van der Waals surface area contributed by atoms with E-state index in [-0.39, 0.29) is 17.3 Å². The Morgan fingerprint density at radius 2 is 2.12 bits per heavy atom. The summed E-state index contributed by atoms with van der Waals surface area (Å²) in [5.74, 6) is 0.657. The minimum atomic E-state index is -0.417. The van der Waals surface area contributed by atoms with E-state index in [0.29, 0.717) is 17.5 Å². The van der Waals surface area contributed by atoms with Crippen molar-refractivity contribution < 1.29 is 4.79 Å². The number of anilines is 2. The van der Waals surface area contributed by atoms with Crippen LogP contribution in [0.15, 0.2) is 41.0 Å². The van der Waals surface area contributed by atoms with Gasteiger partial charge in [0.25, 0.3) is 5.56 Å². The number of piperidine rings is 1. The van der Waals surface area contributed by atoms with Crippen molar-refractivity contribution in [1.29, 1.82) is 0 Å². The molecule has 1 aliphatic rings. The van der Waals surface area contributed by atoms with Crippen LogP contribution in [-0.4, -0.2) is 44.5 Å². The Kier molecular flexibility index (Phi) is 4.48. The summed E-state index contributed by atoms with van der Waals surface area (Å²) in [5, 5.41) is 7.29. The zero-order valence-corrected chi connectivity index (χ0v) is 14.6. The molecule has 0 aromatic carbocycles. The second-order valence-corrected chi connectivity index (χ2v) is 6.84. The molecule has 1 aliphatic heterocycles. The highest BCUT2D eigenvalue weighted by Gasteiger charge is 2.23. The van der Waals surface area contributed by atoms with E-state index in [2.05, 4.69) is 25.6 Å². The van der Waals surface area contributed by atoms with Gasteiger partial charge in [0.15, 0.2) is 4.96 Å². The van der Waals surface area contributed by atoms with E-state index in [0.717, 1.165) is 19.4 Å². The van der Waals surface area contributed by atoms with Gasteiger partial charge in [0.1, 0.15) is 5.69 Å². The predicted molar refractivity (Wildman–Crippen MR) is 98.8 cm³/mol. The quantitative estimate of drug-likeness (QED) is 0.720. The van der Waals surface area contributed by atoms with Crippen LogP contribution in [0.2, 0.25) is 0 Å². The molecule has 134 valence electrons. The van der Waals surface area contributed by atoms with Crippen molar-refractivity contribution in [3.63, 3.8) is 0 Å². The number of aromatic nitrogens is 4. The van der Waals surface area contributed by atoms with Crippen molar-refractivity contribution in [1.82, 2.24) is 24.7 Å². The fourth-order valence-corrected chi connectivity index (χ4v) is 3.66. The lowest BCUT2D eigenvalue weighted by Crippen LogP contribution is -2.49. The first kappa shape index (κ1) is 16.5. The topological polar surface area (TPSA) is 105 Å². The lowest BCUT2D eigenvalue weighted by molar-refractivity contribution is 0.246. The van der Waals surface area contributed by atoms with E-state index in [1.54, 1.807) is 30.0 Å². The number of fused-ring (bicyclic) bond motifs is 1. The molecule has 0 radical (unpaired) electrons. The third-order valence-corrected chi connectivity index (χ3v) is 4.95. The normalized spacial score (nSPS) is 17.2. The van der Waals surface area contributed by atoms with Gasteiger partial charge in [-0.25, -0.2) is 19.7 Å². The molecule has 2 N–H and O–H groups in total. The van der Waals surface area contributed by atoms with Crippen LogP contribution in [0.3, 0.4) is 0 Å². The summed E-state index contributed by atoms with van der Waals surface area (Å²) in [6.45, 7) is 1.47. The first-order valence-electron chi connectivity index (χ1n) is 8.25. The summed E-state index contributed by atoms with van der Waals surface area (Å²) in [5.41, 5.74) is -0.146. The fourth-order valence-electron chi connectivity index (χ4n) is 2.99. The molecule has 4 rings (SSSR count). The van der Waals surface area contributed by atoms with Crippen LogP contribution >= 0.6 is 11.3 Å². The van der Waals surface area contributed by atoms with Crippen LogP contribution in [0.5, 0.6) is 0 Å². The van der Waals surface area contributed by atoms with E-state index in [1.807, 2.05) is 4.90 Å². The van der Waals surface area contributed by atoms with E-state index < -0.39 is 6.03 Å². The number of nitrogens with one attached hydrogen (secondary N) is 2. The van der Waals surface area contributed by atoms with Gasteiger partial charge in [-0.1, -0.05) is 0 Å². The molecule has 0 aliphatic carbocycles. The van der Waals surface area contributed by atoms with Crippen molar-refractivity contribution in [2.45, 2.75) is 18.9 Å². The number of hydrogen-bond acceptors (Lipinski definition) is 7. The number of hydrogen-bond donors (Lipinski definition) is 2. The maximum absolute atomic E-state index is 12.3. The molecule has 4 heterocycles. The highest BCUT2D eigenvalue weighted by atomic mass is 32.1. The molecular formula is C16H17N7O2S. The monoisotopic (exact) mass is 371 g/mol. The SMILES string of the molecule is O=C(Nc1cnc2sccn2c1=O)N[C@H]1CCCN(c2ncccn2)C1. The molecule has 3 aromatic rings. The molecule has 26 heavy (non-hydrogen) atoms. The summed E-state index contributed by atoms with van der Waals surface area (Å²) in [7, 11) is 0. The van der Waals surface area contributed by atoms with E-state index in [1.165, 1.54) is 21.9 Å². The highest BCUT2D eigenvalue weighted by Crippen LogP contribution is 2.15. The smallest absolute Gasteiger partial charge is 0.319 e. The van der Waals surface area contributed by atoms with Crippen molar-refractivity contribution in [3.8, 4) is 0 Å². The van der Waals surface area contributed by atoms with Gasteiger partial charge in [-0.05, 0) is 18.9 Å². The van der Waals surface area contributed by atoms with Gasteiger partial charge >= 0.3 is 6.03 Å². The third-order valence-electron chi connectivity index (χ3n) is 4.18. The molecule has 1 fully saturated rings. The first-order chi connectivity index (χ1) is 12.7. The second-order valence-electron chi connectivity index (χ2n) is 5.97. The van der Waals surface area contributed by atoms with Crippen LogP contribution in [0.4, 0.5) is 16.4 Å². The van der Waals surface area contributed by atoms with Gasteiger partial charge in [0.05, 0.1) is 6.20 Å². The van der Waals surface area contributed by atoms with Crippen molar-refractivity contribution in [3.05, 3.63) is 46.6 Å². The molecule has 10 heteroatoms. The average molecular weight is 371 g/mol. The van der Waals surface area contributed by atoms with E-state index in [9.17, 15) is 9.59 Å². The van der Waals surface area contributed by atoms with Gasteiger partial charge in [-0.3, -0.25) is 9.20 Å². The van der Waals surface area contributed by atoms with E-state index >= 15 is 0 Å². The van der Waals surface area contributed by atoms with Gasteiger partial charge in [-0.15, -0.1) is 11.3 Å². The Labute approximate surface area is 152 Å². The van der Waals surface area contributed by atoms with Crippen molar-refractivity contribution >= 4 is 34.0 Å². The summed E-state index contributed by atoms with van der Waals surface area (Å²) in [6.07, 6.45) is 8.21. The van der Waals surface area contributed by atoms with Gasteiger partial charge < -0.3 is 15.5 Å². The highest BCUT2D eigenvalue weighted by molar-refractivity contribution is 7.15. The lowest BCUT2D eigenvalue weighted by Gasteiger charge is -2.33. The summed E-state index contributed by atoms with van der Waals surface area (Å²) in [6, 6.07) is 1.31. The number of nitrogens with zero attached hydrogens (tertiary/aromatic N) is 5. The molecule has 0 unspecified atom stereocenters. The van der Waals surface area contributed by atoms with Crippen LogP contribution in [-0.2, 0) is 0 Å². The summed E-state index contributed by atoms with van der Waals surface area (Å²) < 4.78 is 1.41. The zero-order valence-electron chi connectivity index (χ0n) is 13.8. The molecule has 1 saturated heterocycles. The van der Waals surface area contributed by atoms with Gasteiger partial charge in [0.2, 0.25) is 5.95 Å². The van der Waals surface area contributed by atoms with Crippen LogP contribution in [0, 0.1) is 0 Å². The molecule has 9 nitrogen and oxygen atoms in total. The van der Waals surface area contributed by atoms with Gasteiger partial charge in [0, 0.05) is 43.1 Å². The van der Waals surface area contributed by atoms with Crippen molar-refractivity contribution in [2.75, 3.05) is 23.3 Å². The maximum atomic E-state index is 12.3. The summed E-state index contributed by atoms with van der Waals surface area (Å²) >= 11 is 1.36. The Morgan fingerprint density at radius 3 is 2.96 bits per heavy atom. The Balaban J connectivity index is 1.41. The van der Waals surface area contributed by atoms with Crippen LogP contribution in [0.1, 0.15) is 12.8 Å². The Bertz CT molecular complexity index is 971. The molecule has 1 atom stereocenters. The number of amides is 2. The number of carbonyl (C=O) groups excluding carboxylic acids is 1. The molecule has 0 bridgehead atoms. The van der Waals surface area contributed by atoms with Gasteiger partial charge in [-0.2, -0.15) is 0 Å². The number of carbonyl (C=O) groups is 1. The zero-order chi connectivity index (χ0) is 17.9. The standard InChI is InChI=1S/C16H17N7O2S/c24-13-12(9-19-16-23(13)7-8-26-16)21-15(25)20-11-3-1-6-22(10-11)14-17-4-2-5-18-14/h2,4-5,7-9,11H,1,3,6,10H2,(H2,20,21,25)/t11-/m0/s1. The van der Waals surface area contributed by atoms with Crippen LogP contribution in [0.25, 0.3) is 4.96 Å². The van der Waals surface area contributed by atoms with E-state index in [4.69, 9.17) is 0 Å². The Morgan fingerprint density at radius 1 is 1.27 bits per heavy atom. The molecule has 3 aromatic heterocycles. The Hall–Kier alpha value is -3.01. The predicted octanol–water partition coefficient (Wildman–Crippen LogP) is 1.34. The fraction of sp³-hybridized carbons (Fsp3) is 0.312. The first-order valence-corrected chi connectivity index (χ1v) is 9.13. The molecular weight excluding hydrogens is 354 g/mol. The number of rotatable bonds is 3. The summed E-state index contributed by atoms with van der Waals surface area (Å²) in [4.78, 5) is 39.9. The average Bonchev–Trinajstić information content (AvgIpc) is 3.15. The van der Waals surface area contributed by atoms with Crippen molar-refractivity contribution in [2.24, 2.45) is 0 Å². The third kappa shape index (κ3) is 3.36. The van der Waals surface area contributed by atoms with Crippen LogP contribution < -0.4 is 21.1 Å². The number of urea groups is 1. The molecule has 2 amide bonds. The minimum Gasteiger partial charge on any atom is -0.339 e. The number of thiazole rings is 1. The largest absolute Gasteiger partial charge is 0.339 e. The maximum Gasteiger partial charge on any atom is 0.319 e. The molecule has 0 saturated carbocycles. The second kappa shape index (κ2) is 7.08. The lowest BCUT2D eigenvalue weighted by atomic mass is 10.1. The minimum absolute atomic E-state index is 0.0480. The molecule has 0 spiro atoms.